The van der Waals surface area contributed by atoms with Gasteiger partial charge in [-0.3, -0.25) is 14.6 Å². The molecule has 1 aliphatic heterocycles. The third-order valence-corrected chi connectivity index (χ3v) is 6.75. The lowest BCUT2D eigenvalue weighted by Gasteiger charge is -2.31. The van der Waals surface area contributed by atoms with Gasteiger partial charge in [-0.05, 0) is 68.7 Å². The van der Waals surface area contributed by atoms with Crippen LogP contribution in [0.4, 0.5) is 22.0 Å². The maximum absolute atomic E-state index is 14.7. The summed E-state index contributed by atoms with van der Waals surface area (Å²) in [4.78, 5) is 32.2. The number of hydrogen-bond donors (Lipinski definition) is 1. The third kappa shape index (κ3) is 5.16. The number of amides is 2. The maximum atomic E-state index is 14.7. The van der Waals surface area contributed by atoms with E-state index in [1.54, 1.807) is 19.2 Å². The molecule has 1 saturated heterocycles. The monoisotopic (exact) mass is 495 g/mol. The lowest BCUT2D eigenvalue weighted by Crippen LogP contribution is -2.49. The Morgan fingerprint density at radius 1 is 1.09 bits per heavy atom. The largest absolute Gasteiger partial charge is 0.419 e. The highest BCUT2D eigenvalue weighted by Gasteiger charge is 2.44. The molecule has 10 heteroatoms. The van der Waals surface area contributed by atoms with E-state index in [1.165, 1.54) is 11.1 Å². The molecule has 2 aromatic rings. The molecule has 35 heavy (non-hydrogen) atoms. The molecule has 1 aromatic carbocycles. The average Bonchev–Trinajstić information content (AvgIpc) is 3.55. The Balaban J connectivity index is 1.60. The predicted octanol–water partition coefficient (Wildman–Crippen LogP) is 5.34. The third-order valence-electron chi connectivity index (χ3n) is 6.75. The average molecular weight is 495 g/mol. The van der Waals surface area contributed by atoms with E-state index in [9.17, 15) is 31.5 Å². The second-order valence-corrected chi connectivity index (χ2v) is 9.29. The highest BCUT2D eigenvalue weighted by molar-refractivity contribution is 5.98. The maximum Gasteiger partial charge on any atom is 0.419 e. The summed E-state index contributed by atoms with van der Waals surface area (Å²) < 4.78 is 67.9. The van der Waals surface area contributed by atoms with Crippen LogP contribution in [-0.4, -0.2) is 33.8 Å². The first-order chi connectivity index (χ1) is 16.5. The van der Waals surface area contributed by atoms with Crippen LogP contribution in [0.5, 0.6) is 0 Å². The molecule has 0 radical (unpaired) electrons. The van der Waals surface area contributed by atoms with E-state index in [0.717, 1.165) is 5.56 Å². The molecule has 0 spiro atoms. The number of aryl methyl sites for hydroxylation is 1. The fourth-order valence-electron chi connectivity index (χ4n) is 4.82. The van der Waals surface area contributed by atoms with Crippen LogP contribution in [0.15, 0.2) is 30.6 Å². The summed E-state index contributed by atoms with van der Waals surface area (Å²) in [6, 6.07) is 0.331. The Bertz CT molecular complexity index is 1130. The molecular weight excluding hydrogens is 469 g/mol. The van der Waals surface area contributed by atoms with Crippen molar-refractivity contribution in [2.45, 2.75) is 70.3 Å². The van der Waals surface area contributed by atoms with Gasteiger partial charge in [0.05, 0.1) is 17.2 Å². The molecule has 3 atom stereocenters. The van der Waals surface area contributed by atoms with Gasteiger partial charge in [-0.15, -0.1) is 0 Å². The molecule has 5 nitrogen and oxygen atoms in total. The molecule has 1 aromatic heterocycles. The van der Waals surface area contributed by atoms with Gasteiger partial charge in [0.25, 0.3) is 5.91 Å². The number of aromatic nitrogens is 1. The summed E-state index contributed by atoms with van der Waals surface area (Å²) in [6.07, 6.45) is 0.849. The van der Waals surface area contributed by atoms with Crippen molar-refractivity contribution in [1.29, 1.82) is 0 Å². The number of carbonyl (C=O) groups excluding carboxylic acids is 2. The standard InChI is InChI=1S/C25H26F5N3O2/c1-3-16-6-7-21(33(16)24(35)15-8-13(2)11-31-12-15)23(34)32-22(14-4-5-14)17-9-20(27)18(10-19(17)26)25(28,29)30/h8-12,14,16,21-22H,3-7H2,1-2H3,(H,32,34)/t16-,21-,22?/m1/s1. The van der Waals surface area contributed by atoms with Crippen LogP contribution < -0.4 is 5.32 Å². The number of alkyl halides is 3. The number of likely N-dealkylation sites (tertiary alicyclic amines) is 1. The van der Waals surface area contributed by atoms with Crippen LogP contribution in [0.2, 0.25) is 0 Å². The molecule has 0 bridgehead atoms. The van der Waals surface area contributed by atoms with E-state index in [4.69, 9.17) is 0 Å². The van der Waals surface area contributed by atoms with Crippen molar-refractivity contribution in [3.63, 3.8) is 0 Å². The molecular formula is C25H26F5N3O2. The molecule has 1 aliphatic carbocycles. The molecule has 4 rings (SSSR count). The number of rotatable bonds is 6. The second kappa shape index (κ2) is 9.54. The van der Waals surface area contributed by atoms with Crippen molar-refractivity contribution in [3.05, 3.63) is 64.5 Å². The molecule has 2 aliphatic rings. The minimum atomic E-state index is -5.04. The van der Waals surface area contributed by atoms with Gasteiger partial charge in [0.1, 0.15) is 17.7 Å². The predicted molar refractivity (Wildman–Crippen MR) is 117 cm³/mol. The summed E-state index contributed by atoms with van der Waals surface area (Å²) in [5.41, 5.74) is -0.877. The summed E-state index contributed by atoms with van der Waals surface area (Å²) in [5.74, 6) is -3.93. The second-order valence-electron chi connectivity index (χ2n) is 9.29. The number of hydrogen-bond acceptors (Lipinski definition) is 3. The Morgan fingerprint density at radius 3 is 2.40 bits per heavy atom. The zero-order valence-electron chi connectivity index (χ0n) is 19.3. The molecule has 1 N–H and O–H groups in total. The van der Waals surface area contributed by atoms with Crippen LogP contribution in [0.1, 0.15) is 72.1 Å². The number of halogens is 5. The lowest BCUT2D eigenvalue weighted by molar-refractivity contribution is -0.140. The molecule has 2 heterocycles. The van der Waals surface area contributed by atoms with Crippen LogP contribution in [0.25, 0.3) is 0 Å². The van der Waals surface area contributed by atoms with Crippen molar-refractivity contribution in [1.82, 2.24) is 15.2 Å². The van der Waals surface area contributed by atoms with Gasteiger partial charge < -0.3 is 10.2 Å². The number of nitrogens with zero attached hydrogens (tertiary/aromatic N) is 2. The van der Waals surface area contributed by atoms with Crippen LogP contribution in [-0.2, 0) is 11.0 Å². The van der Waals surface area contributed by atoms with Gasteiger partial charge in [0, 0.05) is 24.0 Å². The van der Waals surface area contributed by atoms with Gasteiger partial charge in [-0.1, -0.05) is 6.92 Å². The topological polar surface area (TPSA) is 62.3 Å². The minimum absolute atomic E-state index is 0.134. The first-order valence-electron chi connectivity index (χ1n) is 11.6. The molecule has 188 valence electrons. The number of carbonyl (C=O) groups is 2. The van der Waals surface area contributed by atoms with Crippen molar-refractivity contribution < 1.29 is 31.5 Å². The normalized spacial score (nSPS) is 21.2. The van der Waals surface area contributed by atoms with E-state index in [1.807, 2.05) is 6.92 Å². The van der Waals surface area contributed by atoms with Crippen molar-refractivity contribution >= 4 is 11.8 Å². The van der Waals surface area contributed by atoms with Gasteiger partial charge in [0.15, 0.2) is 0 Å². The van der Waals surface area contributed by atoms with Gasteiger partial charge in [-0.2, -0.15) is 13.2 Å². The number of nitrogens with one attached hydrogen (secondary N) is 1. The fraction of sp³-hybridized carbons (Fsp3) is 0.480. The Morgan fingerprint density at radius 2 is 1.80 bits per heavy atom. The van der Waals surface area contributed by atoms with Crippen molar-refractivity contribution in [2.75, 3.05) is 0 Å². The van der Waals surface area contributed by atoms with Gasteiger partial charge >= 0.3 is 6.18 Å². The zero-order chi connectivity index (χ0) is 25.5. The first-order valence-corrected chi connectivity index (χ1v) is 11.6. The van der Waals surface area contributed by atoms with Gasteiger partial charge in [0.2, 0.25) is 5.91 Å². The van der Waals surface area contributed by atoms with E-state index in [0.29, 0.717) is 43.7 Å². The van der Waals surface area contributed by atoms with Gasteiger partial charge in [-0.25, -0.2) is 8.78 Å². The highest BCUT2D eigenvalue weighted by Crippen LogP contribution is 2.43. The van der Waals surface area contributed by atoms with Crippen LogP contribution in [0, 0.1) is 24.5 Å². The molecule has 1 saturated carbocycles. The number of benzene rings is 1. The summed E-state index contributed by atoms with van der Waals surface area (Å²) in [6.45, 7) is 3.71. The highest BCUT2D eigenvalue weighted by atomic mass is 19.4. The first kappa shape index (κ1) is 25.1. The molecule has 2 amide bonds. The Labute approximate surface area is 199 Å². The van der Waals surface area contributed by atoms with Crippen molar-refractivity contribution in [2.24, 2.45) is 5.92 Å². The summed E-state index contributed by atoms with van der Waals surface area (Å²) >= 11 is 0. The zero-order valence-corrected chi connectivity index (χ0v) is 19.3. The fourth-order valence-corrected chi connectivity index (χ4v) is 4.82. The smallest absolute Gasteiger partial charge is 0.347 e. The van der Waals surface area contributed by atoms with E-state index in [-0.39, 0.29) is 29.5 Å². The molecule has 2 fully saturated rings. The number of pyridine rings is 1. The van der Waals surface area contributed by atoms with Crippen molar-refractivity contribution in [3.8, 4) is 0 Å². The summed E-state index contributed by atoms with van der Waals surface area (Å²) in [5, 5.41) is 2.72. The van der Waals surface area contributed by atoms with E-state index < -0.39 is 41.4 Å². The minimum Gasteiger partial charge on any atom is -0.347 e. The van der Waals surface area contributed by atoms with Crippen LogP contribution in [0.3, 0.4) is 0 Å². The molecule has 1 unspecified atom stereocenters. The SMILES string of the molecule is CC[C@@H]1CC[C@H](C(=O)NC(c2cc(F)c(C(F)(F)F)cc2F)C2CC2)N1C(=O)c1cncc(C)c1. The van der Waals surface area contributed by atoms with E-state index in [2.05, 4.69) is 10.3 Å². The summed E-state index contributed by atoms with van der Waals surface area (Å²) in [7, 11) is 0. The quantitative estimate of drug-likeness (QED) is 0.551. The van der Waals surface area contributed by atoms with E-state index >= 15 is 0 Å². The van der Waals surface area contributed by atoms with Crippen LogP contribution >= 0.6 is 0 Å². The Kier molecular flexibility index (Phi) is 6.83. The lowest BCUT2D eigenvalue weighted by atomic mass is 9.98. The Hall–Kier alpha value is -3.04.